The largest absolute Gasteiger partial charge is 0.324 e. The molecular weight excluding hydrogens is 196 g/mol. The van der Waals surface area contributed by atoms with Gasteiger partial charge in [-0.25, -0.2) is 8.78 Å². The minimum absolute atomic E-state index is 0.186. The molecule has 0 spiro atoms. The third-order valence-corrected chi connectivity index (χ3v) is 2.66. The van der Waals surface area contributed by atoms with Crippen LogP contribution in [-0.4, -0.2) is 0 Å². The summed E-state index contributed by atoms with van der Waals surface area (Å²) >= 11 is 5.49. The average Bonchev–Trinajstić information content (AvgIpc) is 2.44. The summed E-state index contributed by atoms with van der Waals surface area (Å²) in [5.41, 5.74) is 6.26. The highest BCUT2D eigenvalue weighted by Gasteiger charge is 2.27. The Morgan fingerprint density at radius 3 is 2.85 bits per heavy atom. The minimum atomic E-state index is -0.567. The monoisotopic (exact) mass is 203 g/mol. The van der Waals surface area contributed by atoms with Gasteiger partial charge in [0.05, 0.1) is 5.02 Å². The molecule has 0 unspecified atom stereocenters. The Labute approximate surface area is 79.5 Å². The number of hydrogen-bond donors (Lipinski definition) is 1. The summed E-state index contributed by atoms with van der Waals surface area (Å²) in [5, 5.41) is -0.186. The molecule has 0 fully saturated rings. The van der Waals surface area contributed by atoms with Gasteiger partial charge in [-0.1, -0.05) is 11.6 Å². The normalized spacial score (nSPS) is 20.5. The van der Waals surface area contributed by atoms with Crippen LogP contribution in [0, 0.1) is 11.6 Å². The molecule has 2 rings (SSSR count). The lowest BCUT2D eigenvalue weighted by Gasteiger charge is -2.07. The van der Waals surface area contributed by atoms with Gasteiger partial charge in [0.25, 0.3) is 0 Å². The maximum atomic E-state index is 13.4. The molecule has 1 atom stereocenters. The lowest BCUT2D eigenvalue weighted by molar-refractivity contribution is 0.575. The van der Waals surface area contributed by atoms with E-state index in [1.165, 1.54) is 0 Å². The Morgan fingerprint density at radius 1 is 1.46 bits per heavy atom. The predicted octanol–water partition coefficient (Wildman–Crippen LogP) is 2.56. The van der Waals surface area contributed by atoms with Crippen molar-refractivity contribution in [3.63, 3.8) is 0 Å². The van der Waals surface area contributed by atoms with Gasteiger partial charge in [-0.2, -0.15) is 0 Å². The van der Waals surface area contributed by atoms with Crippen LogP contribution in [0.1, 0.15) is 23.6 Å². The highest BCUT2D eigenvalue weighted by molar-refractivity contribution is 6.30. The average molecular weight is 204 g/mol. The van der Waals surface area contributed by atoms with Crippen molar-refractivity contribution in [1.29, 1.82) is 0 Å². The highest BCUT2D eigenvalue weighted by atomic mass is 35.5. The van der Waals surface area contributed by atoms with E-state index in [0.717, 1.165) is 6.07 Å². The SMILES string of the molecule is N[C@H]1CCc2c(F)cc(Cl)c(F)c21. The molecule has 2 N–H and O–H groups in total. The van der Waals surface area contributed by atoms with Crippen molar-refractivity contribution >= 4 is 11.6 Å². The van der Waals surface area contributed by atoms with Crippen LogP contribution in [0.4, 0.5) is 8.78 Å². The smallest absolute Gasteiger partial charge is 0.147 e. The number of nitrogens with two attached hydrogens (primary N) is 1. The summed E-state index contributed by atoms with van der Waals surface area (Å²) < 4.78 is 26.6. The summed E-state index contributed by atoms with van der Waals surface area (Å²) in [7, 11) is 0. The molecule has 0 bridgehead atoms. The zero-order valence-electron chi connectivity index (χ0n) is 6.78. The fraction of sp³-hybridized carbons (Fsp3) is 0.333. The van der Waals surface area contributed by atoms with Gasteiger partial charge in [0.15, 0.2) is 0 Å². The third-order valence-electron chi connectivity index (χ3n) is 2.39. The number of rotatable bonds is 0. The Kier molecular flexibility index (Phi) is 2.00. The first-order valence-corrected chi connectivity index (χ1v) is 4.41. The number of halogens is 3. The molecule has 0 aromatic heterocycles. The molecule has 1 nitrogen and oxygen atoms in total. The lowest BCUT2D eigenvalue weighted by atomic mass is 10.1. The molecule has 0 saturated heterocycles. The standard InChI is InChI=1S/C9H8ClF2N/c10-5-3-6(11)4-1-2-7(13)8(4)9(5)12/h3,7H,1-2,13H2/t7-/m0/s1. The second-order valence-electron chi connectivity index (χ2n) is 3.19. The fourth-order valence-electron chi connectivity index (χ4n) is 1.74. The van der Waals surface area contributed by atoms with E-state index in [9.17, 15) is 8.78 Å². The quantitative estimate of drug-likeness (QED) is 0.645. The van der Waals surface area contributed by atoms with E-state index in [1.807, 2.05) is 0 Å². The summed E-state index contributed by atoms with van der Waals surface area (Å²) in [6.07, 6.45) is 1.08. The Hall–Kier alpha value is -0.670. The van der Waals surface area contributed by atoms with Gasteiger partial charge in [0, 0.05) is 11.6 Å². The van der Waals surface area contributed by atoms with Gasteiger partial charge < -0.3 is 5.73 Å². The molecule has 1 aliphatic rings. The van der Waals surface area contributed by atoms with Crippen LogP contribution >= 0.6 is 11.6 Å². The Morgan fingerprint density at radius 2 is 2.15 bits per heavy atom. The molecule has 1 aliphatic carbocycles. The van der Waals surface area contributed by atoms with E-state index in [0.29, 0.717) is 18.4 Å². The zero-order valence-corrected chi connectivity index (χ0v) is 7.54. The summed E-state index contributed by atoms with van der Waals surface area (Å²) in [5.74, 6) is -1.02. The fourth-order valence-corrected chi connectivity index (χ4v) is 1.93. The highest BCUT2D eigenvalue weighted by Crippen LogP contribution is 2.36. The Bertz CT molecular complexity index is 365. The van der Waals surface area contributed by atoms with Crippen LogP contribution in [0.5, 0.6) is 0 Å². The van der Waals surface area contributed by atoms with Crippen LogP contribution in [0.25, 0.3) is 0 Å². The molecule has 0 saturated carbocycles. The third kappa shape index (κ3) is 1.23. The molecule has 0 heterocycles. The van der Waals surface area contributed by atoms with Gasteiger partial charge in [-0.05, 0) is 24.5 Å². The zero-order chi connectivity index (χ0) is 9.59. The maximum Gasteiger partial charge on any atom is 0.147 e. The second kappa shape index (κ2) is 2.93. The molecule has 0 aliphatic heterocycles. The van der Waals surface area contributed by atoms with Crippen LogP contribution < -0.4 is 5.73 Å². The molecule has 1 aromatic carbocycles. The van der Waals surface area contributed by atoms with E-state index >= 15 is 0 Å². The van der Waals surface area contributed by atoms with E-state index in [1.54, 1.807) is 0 Å². The van der Waals surface area contributed by atoms with Crippen molar-refractivity contribution in [1.82, 2.24) is 0 Å². The van der Waals surface area contributed by atoms with Gasteiger partial charge in [-0.15, -0.1) is 0 Å². The van der Waals surface area contributed by atoms with Gasteiger partial charge in [0.2, 0.25) is 0 Å². The molecule has 13 heavy (non-hydrogen) atoms. The van der Waals surface area contributed by atoms with Crippen molar-refractivity contribution in [2.45, 2.75) is 18.9 Å². The topological polar surface area (TPSA) is 26.0 Å². The number of hydrogen-bond acceptors (Lipinski definition) is 1. The van der Waals surface area contributed by atoms with Gasteiger partial charge in [0.1, 0.15) is 11.6 Å². The van der Waals surface area contributed by atoms with E-state index in [4.69, 9.17) is 17.3 Å². The second-order valence-corrected chi connectivity index (χ2v) is 3.60. The molecule has 0 amide bonds. The summed E-state index contributed by atoms with van der Waals surface area (Å²) in [6.45, 7) is 0. The molecular formula is C9H8ClF2N. The first kappa shape index (κ1) is 8.91. The van der Waals surface area contributed by atoms with Crippen LogP contribution in [-0.2, 0) is 6.42 Å². The Balaban J connectivity index is 2.70. The number of benzene rings is 1. The van der Waals surface area contributed by atoms with Crippen molar-refractivity contribution < 1.29 is 8.78 Å². The molecule has 1 aromatic rings. The first-order chi connectivity index (χ1) is 6.11. The molecule has 4 heteroatoms. The van der Waals surface area contributed by atoms with E-state index < -0.39 is 17.7 Å². The van der Waals surface area contributed by atoms with Crippen LogP contribution in [0.2, 0.25) is 5.02 Å². The maximum absolute atomic E-state index is 13.4. The van der Waals surface area contributed by atoms with Crippen LogP contribution in [0.15, 0.2) is 6.07 Å². The van der Waals surface area contributed by atoms with Crippen LogP contribution in [0.3, 0.4) is 0 Å². The van der Waals surface area contributed by atoms with Gasteiger partial charge in [-0.3, -0.25) is 0 Å². The van der Waals surface area contributed by atoms with E-state index in [-0.39, 0.29) is 10.6 Å². The van der Waals surface area contributed by atoms with E-state index in [2.05, 4.69) is 0 Å². The molecule has 70 valence electrons. The molecule has 0 radical (unpaired) electrons. The number of fused-ring (bicyclic) bond motifs is 1. The first-order valence-electron chi connectivity index (χ1n) is 4.03. The summed E-state index contributed by atoms with van der Waals surface area (Å²) in [6, 6.07) is 0.594. The van der Waals surface area contributed by atoms with Crippen molar-refractivity contribution in [2.75, 3.05) is 0 Å². The van der Waals surface area contributed by atoms with Gasteiger partial charge >= 0.3 is 0 Å². The predicted molar refractivity (Wildman–Crippen MR) is 46.6 cm³/mol. The van der Waals surface area contributed by atoms with Crippen molar-refractivity contribution in [2.24, 2.45) is 5.73 Å². The van der Waals surface area contributed by atoms with Crippen molar-refractivity contribution in [3.8, 4) is 0 Å². The minimum Gasteiger partial charge on any atom is -0.324 e. The lowest BCUT2D eigenvalue weighted by Crippen LogP contribution is -2.08. The van der Waals surface area contributed by atoms with Crippen molar-refractivity contribution in [3.05, 3.63) is 33.9 Å². The summed E-state index contributed by atoms with van der Waals surface area (Å²) in [4.78, 5) is 0.